The van der Waals surface area contributed by atoms with Gasteiger partial charge in [0.1, 0.15) is 6.61 Å². The molecule has 0 aliphatic heterocycles. The van der Waals surface area contributed by atoms with Crippen molar-refractivity contribution in [3.05, 3.63) is 58.3 Å². The first-order valence-electron chi connectivity index (χ1n) is 6.22. The number of nitrogens with zero attached hydrogens (tertiary/aromatic N) is 1. The first kappa shape index (κ1) is 16.2. The Bertz CT molecular complexity index is 558. The lowest BCUT2D eigenvalue weighted by Crippen LogP contribution is -2.05. The zero-order chi connectivity index (χ0) is 15.0. The van der Waals surface area contributed by atoms with E-state index in [1.807, 2.05) is 44.2 Å². The lowest BCUT2D eigenvalue weighted by molar-refractivity contribution is 0.0684. The van der Waals surface area contributed by atoms with Crippen molar-refractivity contribution in [3.8, 4) is 5.75 Å². The number of aromatic nitrogens is 1. The first-order valence-corrected chi connectivity index (χ1v) is 7.01. The number of benzene rings is 1. The third-order valence-electron chi connectivity index (χ3n) is 2.26. The van der Waals surface area contributed by atoms with Gasteiger partial charge < -0.3 is 9.84 Å². The summed E-state index contributed by atoms with van der Waals surface area (Å²) in [6.45, 7) is 4.30. The normalized spacial score (nSPS) is 9.35. The fourth-order valence-electron chi connectivity index (χ4n) is 1.43. The molecule has 0 amide bonds. The predicted octanol–water partition coefficient (Wildman–Crippen LogP) is 4.15. The second-order valence-corrected chi connectivity index (χ2v) is 4.50. The maximum Gasteiger partial charge on any atom is 0.358 e. The van der Waals surface area contributed by atoms with Crippen molar-refractivity contribution in [3.63, 3.8) is 0 Å². The van der Waals surface area contributed by atoms with Crippen LogP contribution in [0.4, 0.5) is 0 Å². The fraction of sp³-hybridized carbons (Fsp3) is 0.200. The molecule has 0 spiro atoms. The Morgan fingerprint density at radius 3 is 2.55 bits per heavy atom. The molecule has 1 N–H and O–H groups in total. The maximum atomic E-state index is 11.0. The number of hydrogen-bond donors (Lipinski definition) is 1. The number of rotatable bonds is 4. The lowest BCUT2D eigenvalue weighted by Gasteiger charge is -2.08. The van der Waals surface area contributed by atoms with Crippen molar-refractivity contribution in [2.24, 2.45) is 0 Å². The Morgan fingerprint density at radius 1 is 1.30 bits per heavy atom. The molecule has 0 atom stereocenters. The summed E-state index contributed by atoms with van der Waals surface area (Å²) in [6, 6.07) is 11.1. The molecule has 0 aliphatic rings. The third kappa shape index (κ3) is 4.66. The minimum absolute atomic E-state index is 0.0888. The number of carbonyl (C=O) groups is 1. The van der Waals surface area contributed by atoms with E-state index in [-0.39, 0.29) is 11.4 Å². The van der Waals surface area contributed by atoms with E-state index in [2.05, 4.69) is 20.9 Å². The van der Waals surface area contributed by atoms with Gasteiger partial charge in [-0.05, 0) is 27.6 Å². The number of carboxylic acid groups (broad SMARTS) is 1. The number of aromatic carboxylic acids is 1. The van der Waals surface area contributed by atoms with Gasteiger partial charge in [0.05, 0.1) is 0 Å². The average molecular weight is 338 g/mol. The maximum absolute atomic E-state index is 11.0. The number of carboxylic acids is 1. The van der Waals surface area contributed by atoms with E-state index < -0.39 is 5.97 Å². The highest BCUT2D eigenvalue weighted by Crippen LogP contribution is 2.22. The molecule has 0 aliphatic carbocycles. The van der Waals surface area contributed by atoms with Gasteiger partial charge in [-0.15, -0.1) is 0 Å². The van der Waals surface area contributed by atoms with Crippen molar-refractivity contribution in [1.82, 2.24) is 4.98 Å². The summed E-state index contributed by atoms with van der Waals surface area (Å²) >= 11 is 3.24. The van der Waals surface area contributed by atoms with Crippen LogP contribution in [0.1, 0.15) is 29.9 Å². The summed E-state index contributed by atoms with van der Waals surface area (Å²) in [5.74, 6) is -0.855. The summed E-state index contributed by atoms with van der Waals surface area (Å²) in [5.41, 5.74) is 0.878. The molecule has 2 rings (SSSR count). The summed E-state index contributed by atoms with van der Waals surface area (Å²) in [4.78, 5) is 14.8. The molecule has 0 bridgehead atoms. The highest BCUT2D eigenvalue weighted by molar-refractivity contribution is 9.10. The molecule has 5 heteroatoms. The monoisotopic (exact) mass is 337 g/mol. The van der Waals surface area contributed by atoms with Gasteiger partial charge in [-0.3, -0.25) is 0 Å². The minimum Gasteiger partial charge on any atom is -0.486 e. The molecular formula is C15H16BrNO3. The Labute approximate surface area is 126 Å². The molecule has 0 saturated carbocycles. The van der Waals surface area contributed by atoms with Crippen LogP contribution in [0.5, 0.6) is 5.75 Å². The highest BCUT2D eigenvalue weighted by atomic mass is 79.9. The Morgan fingerprint density at radius 2 is 1.95 bits per heavy atom. The van der Waals surface area contributed by atoms with Gasteiger partial charge in [-0.1, -0.05) is 44.2 Å². The summed E-state index contributed by atoms with van der Waals surface area (Å²) < 4.78 is 6.17. The van der Waals surface area contributed by atoms with Crippen LogP contribution in [0.15, 0.2) is 47.1 Å². The largest absolute Gasteiger partial charge is 0.486 e. The number of hydrogen-bond acceptors (Lipinski definition) is 3. The fourth-order valence-corrected chi connectivity index (χ4v) is 1.74. The van der Waals surface area contributed by atoms with Gasteiger partial charge in [-0.2, -0.15) is 0 Å². The second kappa shape index (κ2) is 8.32. The van der Waals surface area contributed by atoms with Crippen molar-refractivity contribution in [2.75, 3.05) is 0 Å². The van der Waals surface area contributed by atoms with Crippen LogP contribution >= 0.6 is 15.9 Å². The Kier molecular flexibility index (Phi) is 6.73. The average Bonchev–Trinajstić information content (AvgIpc) is 2.48. The smallest absolute Gasteiger partial charge is 0.358 e. The zero-order valence-electron chi connectivity index (χ0n) is 11.3. The Hall–Kier alpha value is -1.88. The standard InChI is InChI=1S/C13H10BrNO3.C2H6/c14-10-6-11(12(13(16)17)15-7-10)18-8-9-4-2-1-3-5-9;1-2/h1-7H,8H2,(H,16,17);1-2H3. The summed E-state index contributed by atoms with van der Waals surface area (Å²) in [6.07, 6.45) is 1.43. The molecule has 2 aromatic rings. The van der Waals surface area contributed by atoms with Crippen molar-refractivity contribution in [1.29, 1.82) is 0 Å². The van der Waals surface area contributed by atoms with Crippen molar-refractivity contribution < 1.29 is 14.6 Å². The number of halogens is 1. The molecule has 1 aromatic heterocycles. The van der Waals surface area contributed by atoms with E-state index in [4.69, 9.17) is 9.84 Å². The molecule has 106 valence electrons. The molecule has 4 nitrogen and oxygen atoms in total. The van der Waals surface area contributed by atoms with E-state index in [0.29, 0.717) is 11.1 Å². The van der Waals surface area contributed by atoms with E-state index in [1.54, 1.807) is 6.07 Å². The number of pyridine rings is 1. The van der Waals surface area contributed by atoms with Gasteiger partial charge in [0.25, 0.3) is 0 Å². The van der Waals surface area contributed by atoms with Crippen LogP contribution in [0.25, 0.3) is 0 Å². The Balaban J connectivity index is 0.000000956. The van der Waals surface area contributed by atoms with Crippen LogP contribution < -0.4 is 4.74 Å². The van der Waals surface area contributed by atoms with E-state index >= 15 is 0 Å². The van der Waals surface area contributed by atoms with Gasteiger partial charge in [0.15, 0.2) is 11.4 Å². The van der Waals surface area contributed by atoms with E-state index in [9.17, 15) is 4.79 Å². The SMILES string of the molecule is CC.O=C(O)c1ncc(Br)cc1OCc1ccccc1. The lowest BCUT2D eigenvalue weighted by atomic mass is 10.2. The zero-order valence-corrected chi connectivity index (χ0v) is 12.9. The van der Waals surface area contributed by atoms with Crippen LogP contribution in [0, 0.1) is 0 Å². The molecule has 0 fully saturated rings. The quantitative estimate of drug-likeness (QED) is 0.910. The minimum atomic E-state index is -1.11. The molecule has 0 saturated heterocycles. The van der Waals surface area contributed by atoms with Gasteiger partial charge in [0.2, 0.25) is 0 Å². The molecular weight excluding hydrogens is 322 g/mol. The highest BCUT2D eigenvalue weighted by Gasteiger charge is 2.13. The van der Waals surface area contributed by atoms with Crippen molar-refractivity contribution >= 4 is 21.9 Å². The molecule has 0 radical (unpaired) electrons. The van der Waals surface area contributed by atoms with Crippen molar-refractivity contribution in [2.45, 2.75) is 20.5 Å². The first-order chi connectivity index (χ1) is 9.66. The second-order valence-electron chi connectivity index (χ2n) is 3.58. The summed E-state index contributed by atoms with van der Waals surface area (Å²) in [5, 5.41) is 9.00. The van der Waals surface area contributed by atoms with Crippen LogP contribution in [0.3, 0.4) is 0 Å². The van der Waals surface area contributed by atoms with Crippen LogP contribution in [0.2, 0.25) is 0 Å². The van der Waals surface area contributed by atoms with Gasteiger partial charge in [-0.25, -0.2) is 9.78 Å². The van der Waals surface area contributed by atoms with Crippen LogP contribution in [-0.4, -0.2) is 16.1 Å². The van der Waals surface area contributed by atoms with Gasteiger partial charge in [0, 0.05) is 10.7 Å². The summed E-state index contributed by atoms with van der Waals surface area (Å²) in [7, 11) is 0. The predicted molar refractivity (Wildman–Crippen MR) is 81.0 cm³/mol. The molecule has 0 unspecified atom stereocenters. The molecule has 1 aromatic carbocycles. The van der Waals surface area contributed by atoms with Gasteiger partial charge >= 0.3 is 5.97 Å². The third-order valence-corrected chi connectivity index (χ3v) is 2.69. The van der Waals surface area contributed by atoms with Crippen LogP contribution in [-0.2, 0) is 6.61 Å². The number of ether oxygens (including phenoxy) is 1. The van der Waals surface area contributed by atoms with E-state index in [0.717, 1.165) is 5.56 Å². The molecule has 1 heterocycles. The topological polar surface area (TPSA) is 59.4 Å². The molecule has 20 heavy (non-hydrogen) atoms. The van der Waals surface area contributed by atoms with E-state index in [1.165, 1.54) is 6.20 Å².